The molecule has 0 aliphatic carbocycles. The number of aromatic nitrogens is 3. The minimum atomic E-state index is -2.79. The molecule has 5 nitrogen and oxygen atoms in total. The maximum absolute atomic E-state index is 12.2. The summed E-state index contributed by atoms with van der Waals surface area (Å²) >= 11 is 0. The molecule has 0 saturated carbocycles. The van der Waals surface area contributed by atoms with Crippen LogP contribution in [0.4, 0.5) is 8.78 Å². The van der Waals surface area contributed by atoms with Crippen molar-refractivity contribution in [1.29, 1.82) is 0 Å². The Labute approximate surface area is 151 Å². The van der Waals surface area contributed by atoms with E-state index in [2.05, 4.69) is 34.1 Å². The first-order valence-electron chi connectivity index (χ1n) is 8.62. The van der Waals surface area contributed by atoms with Crippen LogP contribution in [-0.2, 0) is 6.42 Å². The second-order valence-corrected chi connectivity index (χ2v) is 6.34. The first-order valence-corrected chi connectivity index (χ1v) is 8.62. The maximum atomic E-state index is 12.2. The highest BCUT2D eigenvalue weighted by Gasteiger charge is 2.15. The predicted molar refractivity (Wildman–Crippen MR) is 95.4 cm³/mol. The van der Waals surface area contributed by atoms with Crippen LogP contribution in [0.1, 0.15) is 37.7 Å². The van der Waals surface area contributed by atoms with Gasteiger partial charge in [0.05, 0.1) is 6.04 Å². The average molecular weight is 360 g/mol. The Bertz CT molecular complexity index is 835. The molecule has 0 spiro atoms. The molecule has 0 fully saturated rings. The van der Waals surface area contributed by atoms with Crippen molar-refractivity contribution in [2.75, 3.05) is 0 Å². The summed E-state index contributed by atoms with van der Waals surface area (Å²) in [4.78, 5) is 0. The van der Waals surface area contributed by atoms with E-state index >= 15 is 0 Å². The number of ether oxygens (including phenoxy) is 1. The van der Waals surface area contributed by atoms with Crippen molar-refractivity contribution in [3.05, 3.63) is 60.0 Å². The van der Waals surface area contributed by atoms with E-state index in [0.29, 0.717) is 0 Å². The third-order valence-corrected chi connectivity index (χ3v) is 4.28. The highest BCUT2D eigenvalue weighted by atomic mass is 19.3. The summed E-state index contributed by atoms with van der Waals surface area (Å²) in [7, 11) is 0. The molecule has 0 radical (unpaired) electrons. The standard InChI is InChI=1S/C19H22F2N4O/c1-13(6-7-15-8-10-16(11-9-15)26-19(20)21)22-14(2)18-24-23-17-5-3-4-12-25(17)18/h3-5,8-14,19,22H,6-7H2,1-2H3. The molecule has 138 valence electrons. The summed E-state index contributed by atoms with van der Waals surface area (Å²) in [5.74, 6) is 1.06. The monoisotopic (exact) mass is 360 g/mol. The molecule has 26 heavy (non-hydrogen) atoms. The van der Waals surface area contributed by atoms with E-state index in [9.17, 15) is 8.78 Å². The lowest BCUT2D eigenvalue weighted by atomic mass is 10.1. The van der Waals surface area contributed by atoms with Crippen LogP contribution in [0.2, 0.25) is 0 Å². The van der Waals surface area contributed by atoms with E-state index in [1.165, 1.54) is 0 Å². The minimum absolute atomic E-state index is 0.0595. The number of rotatable bonds is 8. The lowest BCUT2D eigenvalue weighted by molar-refractivity contribution is -0.0498. The van der Waals surface area contributed by atoms with Crippen molar-refractivity contribution in [1.82, 2.24) is 19.9 Å². The average Bonchev–Trinajstić information content (AvgIpc) is 3.05. The normalized spacial score (nSPS) is 13.9. The van der Waals surface area contributed by atoms with Crippen LogP contribution in [0, 0.1) is 0 Å². The van der Waals surface area contributed by atoms with Crippen LogP contribution >= 0.6 is 0 Å². The third kappa shape index (κ3) is 4.54. The van der Waals surface area contributed by atoms with E-state index in [0.717, 1.165) is 29.9 Å². The molecule has 0 aliphatic heterocycles. The Kier molecular flexibility index (Phi) is 5.78. The molecule has 0 aliphatic rings. The van der Waals surface area contributed by atoms with Crippen molar-refractivity contribution < 1.29 is 13.5 Å². The van der Waals surface area contributed by atoms with Gasteiger partial charge in [-0.15, -0.1) is 10.2 Å². The number of alkyl halides is 2. The molecule has 2 unspecified atom stereocenters. The van der Waals surface area contributed by atoms with Gasteiger partial charge in [0.1, 0.15) is 5.75 Å². The number of benzene rings is 1. The number of fused-ring (bicyclic) bond motifs is 1. The number of pyridine rings is 1. The molecule has 7 heteroatoms. The highest BCUT2D eigenvalue weighted by molar-refractivity contribution is 5.37. The largest absolute Gasteiger partial charge is 0.435 e. The zero-order chi connectivity index (χ0) is 18.5. The lowest BCUT2D eigenvalue weighted by Gasteiger charge is -2.19. The van der Waals surface area contributed by atoms with Gasteiger partial charge in [0.2, 0.25) is 0 Å². The molecule has 0 bridgehead atoms. The summed E-state index contributed by atoms with van der Waals surface area (Å²) in [5.41, 5.74) is 1.91. The highest BCUT2D eigenvalue weighted by Crippen LogP contribution is 2.17. The summed E-state index contributed by atoms with van der Waals surface area (Å²) < 4.78 is 30.7. The molecule has 3 aromatic rings. The molecule has 3 rings (SSSR count). The molecule has 2 aromatic heterocycles. The Balaban J connectivity index is 1.53. The second kappa shape index (κ2) is 8.23. The zero-order valence-corrected chi connectivity index (χ0v) is 14.8. The van der Waals surface area contributed by atoms with Gasteiger partial charge in [-0.05, 0) is 56.5 Å². The fourth-order valence-electron chi connectivity index (χ4n) is 2.96. The molecule has 1 aromatic carbocycles. The van der Waals surface area contributed by atoms with Crippen molar-refractivity contribution >= 4 is 5.65 Å². The van der Waals surface area contributed by atoms with Crippen molar-refractivity contribution in [3.63, 3.8) is 0 Å². The van der Waals surface area contributed by atoms with Gasteiger partial charge in [0.25, 0.3) is 0 Å². The van der Waals surface area contributed by atoms with Crippen LogP contribution in [0.3, 0.4) is 0 Å². The van der Waals surface area contributed by atoms with Gasteiger partial charge in [0.15, 0.2) is 11.5 Å². The molecule has 0 saturated heterocycles. The van der Waals surface area contributed by atoms with Crippen LogP contribution in [0.5, 0.6) is 5.75 Å². The SMILES string of the molecule is CC(CCc1ccc(OC(F)F)cc1)NC(C)c1nnc2ccccn12. The van der Waals surface area contributed by atoms with Crippen LogP contribution in [0.15, 0.2) is 48.7 Å². The number of nitrogens with one attached hydrogen (secondary N) is 1. The van der Waals surface area contributed by atoms with Gasteiger partial charge in [-0.3, -0.25) is 4.40 Å². The fourth-order valence-corrected chi connectivity index (χ4v) is 2.96. The summed E-state index contributed by atoms with van der Waals surface area (Å²) in [6, 6.07) is 12.9. The molecular formula is C19H22F2N4O. The predicted octanol–water partition coefficient (Wildman–Crippen LogP) is 4.00. The number of nitrogens with zero attached hydrogens (tertiary/aromatic N) is 3. The molecule has 1 N–H and O–H groups in total. The Hall–Kier alpha value is -2.54. The maximum Gasteiger partial charge on any atom is 0.387 e. The van der Waals surface area contributed by atoms with Gasteiger partial charge in [-0.1, -0.05) is 18.2 Å². The van der Waals surface area contributed by atoms with E-state index in [1.54, 1.807) is 12.1 Å². The van der Waals surface area contributed by atoms with E-state index < -0.39 is 6.61 Å². The zero-order valence-electron chi connectivity index (χ0n) is 14.8. The first-order chi connectivity index (χ1) is 12.5. The van der Waals surface area contributed by atoms with E-state index in [4.69, 9.17) is 0 Å². The number of hydrogen-bond acceptors (Lipinski definition) is 4. The number of aryl methyl sites for hydroxylation is 1. The molecule has 2 heterocycles. The second-order valence-electron chi connectivity index (χ2n) is 6.34. The van der Waals surface area contributed by atoms with Gasteiger partial charge in [-0.25, -0.2) is 0 Å². The van der Waals surface area contributed by atoms with Gasteiger partial charge in [-0.2, -0.15) is 8.78 Å². The van der Waals surface area contributed by atoms with E-state index in [1.807, 2.05) is 40.9 Å². The van der Waals surface area contributed by atoms with Crippen LogP contribution in [0.25, 0.3) is 5.65 Å². The summed E-state index contributed by atoms with van der Waals surface area (Å²) in [5, 5.41) is 12.0. The van der Waals surface area contributed by atoms with Crippen LogP contribution in [-0.4, -0.2) is 27.3 Å². The van der Waals surface area contributed by atoms with Gasteiger partial charge < -0.3 is 10.1 Å². The number of hydrogen-bond donors (Lipinski definition) is 1. The van der Waals surface area contributed by atoms with Gasteiger partial charge >= 0.3 is 6.61 Å². The Morgan fingerprint density at radius 2 is 1.85 bits per heavy atom. The molecule has 0 amide bonds. The molecule has 2 atom stereocenters. The summed E-state index contributed by atoms with van der Waals surface area (Å²) in [6.07, 6.45) is 3.71. The van der Waals surface area contributed by atoms with E-state index in [-0.39, 0.29) is 17.8 Å². The van der Waals surface area contributed by atoms with Crippen molar-refractivity contribution in [3.8, 4) is 5.75 Å². The lowest BCUT2D eigenvalue weighted by Crippen LogP contribution is -2.30. The van der Waals surface area contributed by atoms with Crippen LogP contribution < -0.4 is 10.1 Å². The smallest absolute Gasteiger partial charge is 0.387 e. The van der Waals surface area contributed by atoms with Crippen molar-refractivity contribution in [2.24, 2.45) is 0 Å². The topological polar surface area (TPSA) is 51.5 Å². The van der Waals surface area contributed by atoms with Crippen molar-refractivity contribution in [2.45, 2.75) is 45.4 Å². The quantitative estimate of drug-likeness (QED) is 0.660. The summed E-state index contributed by atoms with van der Waals surface area (Å²) in [6.45, 7) is 1.39. The number of halogens is 2. The minimum Gasteiger partial charge on any atom is -0.435 e. The fraction of sp³-hybridized carbons (Fsp3) is 0.368. The first kappa shape index (κ1) is 18.3. The van der Waals surface area contributed by atoms with Gasteiger partial charge in [0, 0.05) is 12.2 Å². The Morgan fingerprint density at radius 1 is 1.08 bits per heavy atom. The third-order valence-electron chi connectivity index (χ3n) is 4.28. The Morgan fingerprint density at radius 3 is 2.58 bits per heavy atom. The molecular weight excluding hydrogens is 338 g/mol.